The molecule has 112 valence electrons. The van der Waals surface area contributed by atoms with Gasteiger partial charge in [0.25, 0.3) is 0 Å². The summed E-state index contributed by atoms with van der Waals surface area (Å²) < 4.78 is 7.06. The lowest BCUT2D eigenvalue weighted by Gasteiger charge is -2.29. The molecule has 1 aliphatic rings. The van der Waals surface area contributed by atoms with E-state index >= 15 is 0 Å². The van der Waals surface area contributed by atoms with Crippen LogP contribution in [0.1, 0.15) is 4.88 Å². The van der Waals surface area contributed by atoms with Crippen LogP contribution in [-0.2, 0) is 11.3 Å². The van der Waals surface area contributed by atoms with E-state index in [1.807, 2.05) is 0 Å². The minimum atomic E-state index is 0.579. The maximum atomic E-state index is 5.83. The Labute approximate surface area is 141 Å². The molecule has 0 atom stereocenters. The number of rotatable bonds is 4. The summed E-state index contributed by atoms with van der Waals surface area (Å²) >= 11 is 11.0. The Morgan fingerprint density at radius 1 is 1.38 bits per heavy atom. The van der Waals surface area contributed by atoms with Gasteiger partial charge in [-0.3, -0.25) is 0 Å². The number of anilines is 2. The lowest BCUT2D eigenvalue weighted by Crippen LogP contribution is -2.36. The Hall–Kier alpha value is -0.820. The number of nitrogens with one attached hydrogen (secondary N) is 1. The Bertz CT molecular complexity index is 616. The highest BCUT2D eigenvalue weighted by molar-refractivity contribution is 9.10. The summed E-state index contributed by atoms with van der Waals surface area (Å²) in [4.78, 5) is 7.49. The summed E-state index contributed by atoms with van der Waals surface area (Å²) in [6.07, 6.45) is 1.80. The molecule has 1 fully saturated rings. The summed E-state index contributed by atoms with van der Waals surface area (Å²) in [5.74, 6) is 0. The first-order valence-electron chi connectivity index (χ1n) is 6.69. The molecule has 7 heteroatoms. The maximum Gasteiger partial charge on any atom is 0.183 e. The third-order valence-corrected chi connectivity index (χ3v) is 5.04. The van der Waals surface area contributed by atoms with Crippen molar-refractivity contribution in [2.24, 2.45) is 0 Å². The molecule has 1 N–H and O–H groups in total. The molecule has 3 rings (SSSR count). The van der Waals surface area contributed by atoms with Crippen LogP contribution in [0.5, 0.6) is 0 Å². The zero-order valence-corrected chi connectivity index (χ0v) is 14.5. The Morgan fingerprint density at radius 2 is 2.19 bits per heavy atom. The van der Waals surface area contributed by atoms with Crippen molar-refractivity contribution in [3.8, 4) is 0 Å². The number of benzene rings is 1. The number of aromatic nitrogens is 1. The topological polar surface area (TPSA) is 37.4 Å². The number of hydrogen-bond acceptors (Lipinski definition) is 5. The first-order chi connectivity index (χ1) is 10.2. The SMILES string of the molecule is Clc1ncc(CNc2ccc(N3CCOCC3)c(Br)c2)s1. The van der Waals surface area contributed by atoms with Gasteiger partial charge in [0.2, 0.25) is 0 Å². The fourth-order valence-corrected chi connectivity index (χ4v) is 3.78. The van der Waals surface area contributed by atoms with Crippen LogP contribution in [0.25, 0.3) is 0 Å². The normalized spacial score (nSPS) is 15.2. The molecule has 4 nitrogen and oxygen atoms in total. The maximum absolute atomic E-state index is 5.83. The molecule has 1 saturated heterocycles. The van der Waals surface area contributed by atoms with E-state index in [1.165, 1.54) is 17.0 Å². The third kappa shape index (κ3) is 3.88. The van der Waals surface area contributed by atoms with Crippen LogP contribution in [0, 0.1) is 0 Å². The van der Waals surface area contributed by atoms with Crippen LogP contribution in [0.4, 0.5) is 11.4 Å². The molecule has 0 unspecified atom stereocenters. The van der Waals surface area contributed by atoms with Crippen LogP contribution in [0.2, 0.25) is 4.47 Å². The monoisotopic (exact) mass is 387 g/mol. The van der Waals surface area contributed by atoms with Crippen molar-refractivity contribution >= 4 is 50.2 Å². The predicted molar refractivity (Wildman–Crippen MR) is 91.6 cm³/mol. The van der Waals surface area contributed by atoms with Gasteiger partial charge >= 0.3 is 0 Å². The predicted octanol–water partition coefficient (Wildman–Crippen LogP) is 4.01. The molecular weight excluding hydrogens is 374 g/mol. The second kappa shape index (κ2) is 6.96. The molecule has 1 aromatic carbocycles. The third-order valence-electron chi connectivity index (χ3n) is 3.29. The molecule has 1 aromatic heterocycles. The second-order valence-corrected chi connectivity index (χ2v) is 7.25. The van der Waals surface area contributed by atoms with E-state index in [1.54, 1.807) is 6.20 Å². The smallest absolute Gasteiger partial charge is 0.183 e. The number of nitrogens with zero attached hydrogens (tertiary/aromatic N) is 2. The first-order valence-corrected chi connectivity index (χ1v) is 8.67. The zero-order chi connectivity index (χ0) is 14.7. The molecule has 2 heterocycles. The van der Waals surface area contributed by atoms with Gasteiger partial charge < -0.3 is 15.0 Å². The Kier molecular flexibility index (Phi) is 5.00. The lowest BCUT2D eigenvalue weighted by atomic mass is 10.2. The molecular formula is C14H15BrClN3OS. The van der Waals surface area contributed by atoms with E-state index in [4.69, 9.17) is 16.3 Å². The van der Waals surface area contributed by atoms with Crippen molar-refractivity contribution in [3.63, 3.8) is 0 Å². The first kappa shape index (κ1) is 15.1. The molecule has 0 spiro atoms. The van der Waals surface area contributed by atoms with Gasteiger partial charge in [0.15, 0.2) is 4.47 Å². The van der Waals surface area contributed by atoms with Gasteiger partial charge in [0.05, 0.1) is 25.4 Å². The van der Waals surface area contributed by atoms with Gasteiger partial charge in [0, 0.05) is 34.3 Å². The quantitative estimate of drug-likeness (QED) is 0.859. The fourth-order valence-electron chi connectivity index (χ4n) is 2.23. The largest absolute Gasteiger partial charge is 0.380 e. The summed E-state index contributed by atoms with van der Waals surface area (Å²) in [7, 11) is 0. The van der Waals surface area contributed by atoms with Crippen molar-refractivity contribution in [3.05, 3.63) is 38.2 Å². The average Bonchev–Trinajstić information content (AvgIpc) is 2.92. The molecule has 0 amide bonds. The van der Waals surface area contributed by atoms with E-state index in [-0.39, 0.29) is 0 Å². The van der Waals surface area contributed by atoms with Gasteiger partial charge in [-0.1, -0.05) is 11.6 Å². The van der Waals surface area contributed by atoms with E-state index in [9.17, 15) is 0 Å². The van der Waals surface area contributed by atoms with E-state index in [0.29, 0.717) is 4.47 Å². The van der Waals surface area contributed by atoms with Crippen LogP contribution in [0.3, 0.4) is 0 Å². The van der Waals surface area contributed by atoms with Crippen molar-refractivity contribution < 1.29 is 4.74 Å². The number of hydrogen-bond donors (Lipinski definition) is 1. The minimum absolute atomic E-state index is 0.579. The van der Waals surface area contributed by atoms with E-state index in [2.05, 4.69) is 49.3 Å². The van der Waals surface area contributed by atoms with Gasteiger partial charge in [-0.2, -0.15) is 0 Å². The van der Waals surface area contributed by atoms with Crippen LogP contribution in [0.15, 0.2) is 28.9 Å². The van der Waals surface area contributed by atoms with Crippen molar-refractivity contribution in [1.82, 2.24) is 4.98 Å². The van der Waals surface area contributed by atoms with E-state index in [0.717, 1.165) is 47.9 Å². The van der Waals surface area contributed by atoms with Crippen molar-refractivity contribution in [1.29, 1.82) is 0 Å². The summed E-state index contributed by atoms with van der Waals surface area (Å²) in [5.41, 5.74) is 2.29. The molecule has 0 saturated carbocycles. The highest BCUT2D eigenvalue weighted by Crippen LogP contribution is 2.30. The van der Waals surface area contributed by atoms with Crippen LogP contribution < -0.4 is 10.2 Å². The molecule has 0 bridgehead atoms. The summed E-state index contributed by atoms with van der Waals surface area (Å²) in [6.45, 7) is 4.18. The van der Waals surface area contributed by atoms with Gasteiger partial charge in [-0.25, -0.2) is 4.98 Å². The second-order valence-electron chi connectivity index (χ2n) is 4.70. The van der Waals surface area contributed by atoms with Crippen LogP contribution in [-0.4, -0.2) is 31.3 Å². The average molecular weight is 389 g/mol. The molecule has 21 heavy (non-hydrogen) atoms. The van der Waals surface area contributed by atoms with Crippen LogP contribution >= 0.6 is 38.9 Å². The molecule has 2 aromatic rings. The fraction of sp³-hybridized carbons (Fsp3) is 0.357. The molecule has 1 aliphatic heterocycles. The van der Waals surface area contributed by atoms with Gasteiger partial charge in [0.1, 0.15) is 0 Å². The van der Waals surface area contributed by atoms with Gasteiger partial charge in [-0.05, 0) is 34.1 Å². The highest BCUT2D eigenvalue weighted by Gasteiger charge is 2.14. The zero-order valence-electron chi connectivity index (χ0n) is 11.3. The number of halogens is 2. The standard InChI is InChI=1S/C14H15BrClN3OS/c15-12-7-10(17-8-11-9-18-14(16)21-11)1-2-13(12)19-3-5-20-6-4-19/h1-2,7,9,17H,3-6,8H2. The lowest BCUT2D eigenvalue weighted by molar-refractivity contribution is 0.122. The number of thiazole rings is 1. The highest BCUT2D eigenvalue weighted by atomic mass is 79.9. The van der Waals surface area contributed by atoms with E-state index < -0.39 is 0 Å². The Balaban J connectivity index is 1.65. The summed E-state index contributed by atoms with van der Waals surface area (Å²) in [5, 5.41) is 3.38. The van der Waals surface area contributed by atoms with Crippen molar-refractivity contribution in [2.45, 2.75) is 6.54 Å². The number of ether oxygens (including phenoxy) is 1. The minimum Gasteiger partial charge on any atom is -0.380 e. The van der Waals surface area contributed by atoms with Gasteiger partial charge in [-0.15, -0.1) is 11.3 Å². The Morgan fingerprint density at radius 3 is 2.86 bits per heavy atom. The van der Waals surface area contributed by atoms with Crippen molar-refractivity contribution in [2.75, 3.05) is 36.5 Å². The summed E-state index contributed by atoms with van der Waals surface area (Å²) in [6, 6.07) is 6.34. The molecule has 0 radical (unpaired) electrons. The molecule has 0 aliphatic carbocycles. The number of morpholine rings is 1.